The van der Waals surface area contributed by atoms with Crippen LogP contribution in [0.25, 0.3) is 0 Å². The van der Waals surface area contributed by atoms with E-state index in [4.69, 9.17) is 5.26 Å². The fourth-order valence-electron chi connectivity index (χ4n) is 2.31. The van der Waals surface area contributed by atoms with Crippen LogP contribution in [0.5, 0.6) is 0 Å². The van der Waals surface area contributed by atoms with E-state index in [-0.39, 0.29) is 0 Å². The maximum atomic E-state index is 9.90. The van der Waals surface area contributed by atoms with Crippen molar-refractivity contribution in [3.8, 4) is 6.07 Å². The molecule has 4 nitrogen and oxygen atoms in total. The number of anilines is 1. The molecule has 0 spiro atoms. The van der Waals surface area contributed by atoms with Gasteiger partial charge in [-0.3, -0.25) is 4.98 Å². The monoisotopic (exact) mass is 281 g/mol. The Labute approximate surface area is 125 Å². The summed E-state index contributed by atoms with van der Waals surface area (Å²) in [7, 11) is 1.94. The molecule has 21 heavy (non-hydrogen) atoms. The third-order valence-corrected chi connectivity index (χ3v) is 3.37. The van der Waals surface area contributed by atoms with E-state index in [0.717, 1.165) is 22.6 Å². The molecule has 2 aromatic rings. The molecule has 0 radical (unpaired) electrons. The van der Waals surface area contributed by atoms with Crippen LogP contribution in [0.15, 0.2) is 36.4 Å². The number of aryl methyl sites for hydroxylation is 1. The van der Waals surface area contributed by atoms with Crippen molar-refractivity contribution in [1.82, 2.24) is 4.98 Å². The number of aromatic nitrogens is 1. The largest absolute Gasteiger partial charge is 0.389 e. The molecule has 0 aliphatic rings. The molecule has 1 heterocycles. The van der Waals surface area contributed by atoms with Gasteiger partial charge in [-0.25, -0.2) is 0 Å². The summed E-state index contributed by atoms with van der Waals surface area (Å²) in [6.07, 6.45) is -0.583. The molecule has 1 aromatic carbocycles. The van der Waals surface area contributed by atoms with E-state index in [1.54, 1.807) is 25.1 Å². The predicted octanol–water partition coefficient (Wildman–Crippen LogP) is 2.95. The molecule has 0 aliphatic carbocycles. The smallest absolute Gasteiger partial charge is 0.0992 e. The van der Waals surface area contributed by atoms with Gasteiger partial charge >= 0.3 is 0 Å². The highest BCUT2D eigenvalue weighted by atomic mass is 16.3. The van der Waals surface area contributed by atoms with Gasteiger partial charge in [0, 0.05) is 24.0 Å². The van der Waals surface area contributed by atoms with E-state index in [1.165, 1.54) is 0 Å². The van der Waals surface area contributed by atoms with Crippen molar-refractivity contribution in [2.24, 2.45) is 0 Å². The number of hydrogen-bond donors (Lipinski definition) is 1. The predicted molar refractivity (Wildman–Crippen MR) is 82.9 cm³/mol. The summed E-state index contributed by atoms with van der Waals surface area (Å²) in [5, 5.41) is 19.0. The molecule has 0 fully saturated rings. The van der Waals surface area contributed by atoms with Gasteiger partial charge in [0.05, 0.1) is 30.0 Å². The second-order valence-corrected chi connectivity index (χ2v) is 5.19. The van der Waals surface area contributed by atoms with Crippen LogP contribution >= 0.6 is 0 Å². The molecular weight excluding hydrogens is 262 g/mol. The number of nitrogens with zero attached hydrogens (tertiary/aromatic N) is 3. The van der Waals surface area contributed by atoms with Crippen molar-refractivity contribution in [3.05, 3.63) is 58.9 Å². The SMILES string of the molecule is Cc1cccc(CN(C)c2cc(C#N)ccc2[C@H](C)O)n1. The van der Waals surface area contributed by atoms with E-state index in [0.29, 0.717) is 12.1 Å². The van der Waals surface area contributed by atoms with Crippen LogP contribution in [0.4, 0.5) is 5.69 Å². The molecule has 0 unspecified atom stereocenters. The first kappa shape index (κ1) is 15.0. The minimum atomic E-state index is -0.583. The Kier molecular flexibility index (Phi) is 4.56. The van der Waals surface area contributed by atoms with E-state index < -0.39 is 6.10 Å². The van der Waals surface area contributed by atoms with Crippen LogP contribution in [0, 0.1) is 18.3 Å². The number of pyridine rings is 1. The first-order valence-electron chi connectivity index (χ1n) is 6.87. The van der Waals surface area contributed by atoms with Crippen molar-refractivity contribution in [2.75, 3.05) is 11.9 Å². The maximum Gasteiger partial charge on any atom is 0.0992 e. The van der Waals surface area contributed by atoms with Gasteiger partial charge in [-0.2, -0.15) is 5.26 Å². The minimum absolute atomic E-state index is 0.582. The summed E-state index contributed by atoms with van der Waals surface area (Å²) in [5.41, 5.74) is 4.17. The quantitative estimate of drug-likeness (QED) is 0.936. The standard InChI is InChI=1S/C17H19N3O/c1-12-5-4-6-15(19-12)11-20(3)17-9-14(10-18)7-8-16(17)13(2)21/h4-9,13,21H,11H2,1-3H3/t13-/m0/s1. The van der Waals surface area contributed by atoms with Crippen molar-refractivity contribution in [1.29, 1.82) is 5.26 Å². The molecule has 2 rings (SSSR count). The zero-order valence-corrected chi connectivity index (χ0v) is 12.5. The average molecular weight is 281 g/mol. The molecule has 1 N–H and O–H groups in total. The summed E-state index contributed by atoms with van der Waals surface area (Å²) in [6, 6.07) is 13.4. The van der Waals surface area contributed by atoms with Crippen LogP contribution < -0.4 is 4.90 Å². The fourth-order valence-corrected chi connectivity index (χ4v) is 2.31. The molecule has 1 atom stereocenters. The van der Waals surface area contributed by atoms with Crippen molar-refractivity contribution in [2.45, 2.75) is 26.5 Å². The first-order valence-corrected chi connectivity index (χ1v) is 6.87. The zero-order chi connectivity index (χ0) is 15.4. The Morgan fingerprint density at radius 2 is 2.10 bits per heavy atom. The Bertz CT molecular complexity index is 674. The highest BCUT2D eigenvalue weighted by Gasteiger charge is 2.13. The summed E-state index contributed by atoms with van der Waals surface area (Å²) < 4.78 is 0. The lowest BCUT2D eigenvalue weighted by Gasteiger charge is -2.23. The van der Waals surface area contributed by atoms with Crippen molar-refractivity contribution in [3.63, 3.8) is 0 Å². The van der Waals surface area contributed by atoms with Crippen molar-refractivity contribution < 1.29 is 5.11 Å². The number of aliphatic hydroxyl groups is 1. The van der Waals surface area contributed by atoms with Crippen molar-refractivity contribution >= 4 is 5.69 Å². The van der Waals surface area contributed by atoms with E-state index in [2.05, 4.69) is 11.1 Å². The Morgan fingerprint density at radius 3 is 2.71 bits per heavy atom. The zero-order valence-electron chi connectivity index (χ0n) is 12.5. The molecule has 4 heteroatoms. The lowest BCUT2D eigenvalue weighted by atomic mass is 10.0. The molecule has 0 bridgehead atoms. The van der Waals surface area contributed by atoms with Crippen LogP contribution in [-0.4, -0.2) is 17.1 Å². The third-order valence-electron chi connectivity index (χ3n) is 3.37. The van der Waals surface area contributed by atoms with Gasteiger partial charge < -0.3 is 10.0 Å². The Hall–Kier alpha value is -2.38. The van der Waals surface area contributed by atoms with Gasteiger partial charge in [-0.15, -0.1) is 0 Å². The lowest BCUT2D eigenvalue weighted by Crippen LogP contribution is -2.19. The van der Waals surface area contributed by atoms with Gasteiger partial charge in [-0.1, -0.05) is 12.1 Å². The number of rotatable bonds is 4. The van der Waals surface area contributed by atoms with E-state index in [9.17, 15) is 5.11 Å². The lowest BCUT2D eigenvalue weighted by molar-refractivity contribution is 0.199. The number of benzene rings is 1. The maximum absolute atomic E-state index is 9.90. The van der Waals surface area contributed by atoms with Gasteiger partial charge in [0.15, 0.2) is 0 Å². The molecule has 0 amide bonds. The van der Waals surface area contributed by atoms with Gasteiger partial charge in [-0.05, 0) is 38.1 Å². The second-order valence-electron chi connectivity index (χ2n) is 5.19. The van der Waals surface area contributed by atoms with E-state index in [1.807, 2.05) is 37.1 Å². The number of aliphatic hydroxyl groups excluding tert-OH is 1. The van der Waals surface area contributed by atoms with Crippen LogP contribution in [-0.2, 0) is 6.54 Å². The Morgan fingerprint density at radius 1 is 1.33 bits per heavy atom. The highest BCUT2D eigenvalue weighted by Crippen LogP contribution is 2.27. The van der Waals surface area contributed by atoms with Crippen LogP contribution in [0.3, 0.4) is 0 Å². The van der Waals surface area contributed by atoms with Gasteiger partial charge in [0.25, 0.3) is 0 Å². The highest BCUT2D eigenvalue weighted by molar-refractivity contribution is 5.58. The minimum Gasteiger partial charge on any atom is -0.389 e. The molecule has 0 aliphatic heterocycles. The van der Waals surface area contributed by atoms with E-state index >= 15 is 0 Å². The second kappa shape index (κ2) is 6.38. The summed E-state index contributed by atoms with van der Waals surface area (Å²) >= 11 is 0. The average Bonchev–Trinajstić information content (AvgIpc) is 2.46. The Balaban J connectivity index is 2.33. The summed E-state index contributed by atoms with van der Waals surface area (Å²) in [4.78, 5) is 6.49. The number of hydrogen-bond acceptors (Lipinski definition) is 4. The molecular formula is C17H19N3O. The molecule has 0 saturated heterocycles. The normalized spacial score (nSPS) is 11.8. The number of nitriles is 1. The molecule has 0 saturated carbocycles. The van der Waals surface area contributed by atoms with Crippen LogP contribution in [0.2, 0.25) is 0 Å². The van der Waals surface area contributed by atoms with Crippen LogP contribution in [0.1, 0.15) is 35.5 Å². The van der Waals surface area contributed by atoms with Gasteiger partial charge in [0.2, 0.25) is 0 Å². The first-order chi connectivity index (χ1) is 10.0. The molecule has 108 valence electrons. The van der Waals surface area contributed by atoms with Gasteiger partial charge in [0.1, 0.15) is 0 Å². The molecule has 1 aromatic heterocycles. The summed E-state index contributed by atoms with van der Waals surface area (Å²) in [5.74, 6) is 0. The summed E-state index contributed by atoms with van der Waals surface area (Å²) in [6.45, 7) is 4.31. The fraction of sp³-hybridized carbons (Fsp3) is 0.294. The topological polar surface area (TPSA) is 60.2 Å². The third kappa shape index (κ3) is 3.59.